The first-order chi connectivity index (χ1) is 11.7. The summed E-state index contributed by atoms with van der Waals surface area (Å²) in [6, 6.07) is 10.6. The quantitative estimate of drug-likeness (QED) is 0.661. The second-order valence-electron chi connectivity index (χ2n) is 4.58. The number of thiophene rings is 1. The van der Waals surface area contributed by atoms with E-state index >= 15 is 0 Å². The van der Waals surface area contributed by atoms with Crippen LogP contribution in [0.1, 0.15) is 5.56 Å². The van der Waals surface area contributed by atoms with Crippen LogP contribution in [0.3, 0.4) is 0 Å². The Morgan fingerprint density at radius 1 is 1.46 bits per heavy atom. The molecule has 0 aliphatic heterocycles. The van der Waals surface area contributed by atoms with Crippen molar-refractivity contribution in [3.8, 4) is 16.8 Å². The largest absolute Gasteiger partial charge is 0.324 e. The molecule has 0 unspecified atom stereocenters. The van der Waals surface area contributed by atoms with Crippen molar-refractivity contribution in [2.24, 2.45) is 0 Å². The maximum absolute atomic E-state index is 12.1. The van der Waals surface area contributed by atoms with Crippen LogP contribution in [0.15, 0.2) is 40.9 Å². The number of carbonyl (C=O) groups is 1. The van der Waals surface area contributed by atoms with Gasteiger partial charge in [-0.25, -0.2) is 4.98 Å². The average molecular weight is 376 g/mol. The van der Waals surface area contributed by atoms with E-state index in [1.807, 2.05) is 23.6 Å². The molecule has 0 spiro atoms. The first-order valence-electron chi connectivity index (χ1n) is 6.74. The summed E-state index contributed by atoms with van der Waals surface area (Å²) in [4.78, 5) is 17.4. The number of halogens is 1. The molecule has 1 amide bonds. The molecule has 2 heterocycles. The van der Waals surface area contributed by atoms with Crippen LogP contribution in [0.25, 0.3) is 10.7 Å². The van der Waals surface area contributed by atoms with E-state index in [2.05, 4.69) is 20.5 Å². The molecule has 2 N–H and O–H groups in total. The molecule has 9 heteroatoms. The molecular formula is C15H10ClN5OS2. The van der Waals surface area contributed by atoms with Crippen molar-refractivity contribution in [2.75, 3.05) is 11.1 Å². The first kappa shape index (κ1) is 16.5. The number of H-pyrrole nitrogens is 1. The fourth-order valence-corrected chi connectivity index (χ4v) is 3.30. The monoisotopic (exact) mass is 375 g/mol. The highest BCUT2D eigenvalue weighted by Gasteiger charge is 2.11. The zero-order valence-corrected chi connectivity index (χ0v) is 14.5. The Hall–Kier alpha value is -2.34. The lowest BCUT2D eigenvalue weighted by Gasteiger charge is -2.06. The summed E-state index contributed by atoms with van der Waals surface area (Å²) < 4.78 is 0. The van der Waals surface area contributed by atoms with Crippen LogP contribution in [0.5, 0.6) is 0 Å². The van der Waals surface area contributed by atoms with Crippen molar-refractivity contribution < 1.29 is 4.79 Å². The van der Waals surface area contributed by atoms with Crippen LogP contribution in [0, 0.1) is 11.3 Å². The van der Waals surface area contributed by atoms with Crippen molar-refractivity contribution in [3.05, 3.63) is 46.3 Å². The normalized spacial score (nSPS) is 10.3. The van der Waals surface area contributed by atoms with E-state index in [-0.39, 0.29) is 11.7 Å². The molecule has 1 aromatic carbocycles. The lowest BCUT2D eigenvalue weighted by atomic mass is 10.2. The van der Waals surface area contributed by atoms with Crippen LogP contribution >= 0.6 is 34.7 Å². The van der Waals surface area contributed by atoms with E-state index < -0.39 is 0 Å². The Balaban J connectivity index is 1.60. The van der Waals surface area contributed by atoms with Crippen LogP contribution < -0.4 is 5.32 Å². The molecule has 0 saturated heterocycles. The van der Waals surface area contributed by atoms with Crippen molar-refractivity contribution >= 4 is 46.3 Å². The van der Waals surface area contributed by atoms with Gasteiger partial charge in [0.2, 0.25) is 11.1 Å². The van der Waals surface area contributed by atoms with E-state index in [0.29, 0.717) is 27.3 Å². The van der Waals surface area contributed by atoms with Gasteiger partial charge in [-0.15, -0.1) is 16.4 Å². The van der Waals surface area contributed by atoms with Gasteiger partial charge in [0.25, 0.3) is 0 Å². The lowest BCUT2D eigenvalue weighted by molar-refractivity contribution is -0.113. The molecule has 0 aliphatic carbocycles. The molecule has 0 bridgehead atoms. The van der Waals surface area contributed by atoms with Gasteiger partial charge in [0.15, 0.2) is 5.82 Å². The minimum Gasteiger partial charge on any atom is -0.324 e. The third-order valence-corrected chi connectivity index (χ3v) is 4.89. The fraction of sp³-hybridized carbons (Fsp3) is 0.0667. The third-order valence-electron chi connectivity index (χ3n) is 2.93. The topological polar surface area (TPSA) is 94.5 Å². The third kappa shape index (κ3) is 3.94. The van der Waals surface area contributed by atoms with Gasteiger partial charge in [-0.3, -0.25) is 9.89 Å². The molecule has 3 aromatic rings. The number of carbonyl (C=O) groups excluding carboxylic acids is 1. The molecule has 24 heavy (non-hydrogen) atoms. The van der Waals surface area contributed by atoms with Crippen molar-refractivity contribution in [2.45, 2.75) is 5.16 Å². The maximum Gasteiger partial charge on any atom is 0.234 e. The summed E-state index contributed by atoms with van der Waals surface area (Å²) in [5, 5.41) is 21.5. The number of nitrogens with one attached hydrogen (secondary N) is 2. The first-order valence-corrected chi connectivity index (χ1v) is 8.98. The molecule has 0 aliphatic rings. The Morgan fingerprint density at radius 2 is 2.33 bits per heavy atom. The summed E-state index contributed by atoms with van der Waals surface area (Å²) in [5.74, 6) is 0.537. The average Bonchev–Trinajstić information content (AvgIpc) is 3.24. The predicted molar refractivity (Wildman–Crippen MR) is 95.2 cm³/mol. The van der Waals surface area contributed by atoms with E-state index in [9.17, 15) is 4.79 Å². The molecule has 120 valence electrons. The molecule has 2 aromatic heterocycles. The highest BCUT2D eigenvalue weighted by molar-refractivity contribution is 7.99. The zero-order valence-electron chi connectivity index (χ0n) is 12.1. The molecule has 6 nitrogen and oxygen atoms in total. The number of aromatic amines is 1. The van der Waals surface area contributed by atoms with Crippen LogP contribution in [0.4, 0.5) is 5.69 Å². The molecule has 0 fully saturated rings. The second kappa shape index (κ2) is 7.49. The molecule has 0 atom stereocenters. The zero-order chi connectivity index (χ0) is 16.9. The van der Waals surface area contributed by atoms with E-state index in [1.54, 1.807) is 29.5 Å². The van der Waals surface area contributed by atoms with Gasteiger partial charge in [-0.2, -0.15) is 5.26 Å². The van der Waals surface area contributed by atoms with Crippen molar-refractivity contribution in [1.29, 1.82) is 5.26 Å². The van der Waals surface area contributed by atoms with Gasteiger partial charge in [-0.05, 0) is 29.6 Å². The SMILES string of the molecule is N#Cc1ccc(Cl)cc1NC(=O)CSc1n[nH]c(-c2cccs2)n1. The van der Waals surface area contributed by atoms with Gasteiger partial charge >= 0.3 is 0 Å². The summed E-state index contributed by atoms with van der Waals surface area (Å²) in [7, 11) is 0. The number of hydrogen-bond donors (Lipinski definition) is 2. The maximum atomic E-state index is 12.1. The summed E-state index contributed by atoms with van der Waals surface area (Å²) in [6.45, 7) is 0. The number of nitrogens with zero attached hydrogens (tertiary/aromatic N) is 3. The number of rotatable bonds is 5. The minimum atomic E-state index is -0.263. The summed E-state index contributed by atoms with van der Waals surface area (Å²) in [6.07, 6.45) is 0. The van der Waals surface area contributed by atoms with Gasteiger partial charge in [0.1, 0.15) is 6.07 Å². The smallest absolute Gasteiger partial charge is 0.234 e. The number of aromatic nitrogens is 3. The van der Waals surface area contributed by atoms with Crippen molar-refractivity contribution in [1.82, 2.24) is 15.2 Å². The number of benzene rings is 1. The number of anilines is 1. The highest BCUT2D eigenvalue weighted by atomic mass is 35.5. The van der Waals surface area contributed by atoms with Crippen LogP contribution in [-0.4, -0.2) is 26.8 Å². The van der Waals surface area contributed by atoms with Gasteiger partial charge < -0.3 is 5.32 Å². The highest BCUT2D eigenvalue weighted by Crippen LogP contribution is 2.24. The number of nitriles is 1. The number of thioether (sulfide) groups is 1. The van der Waals surface area contributed by atoms with E-state index in [1.165, 1.54) is 11.8 Å². The number of hydrogen-bond acceptors (Lipinski definition) is 6. The van der Waals surface area contributed by atoms with Gasteiger partial charge in [0.05, 0.1) is 21.9 Å². The summed E-state index contributed by atoms with van der Waals surface area (Å²) in [5.41, 5.74) is 0.750. The van der Waals surface area contributed by atoms with E-state index in [0.717, 1.165) is 4.88 Å². The van der Waals surface area contributed by atoms with Gasteiger partial charge in [0, 0.05) is 5.02 Å². The molecular weight excluding hydrogens is 366 g/mol. The van der Waals surface area contributed by atoms with Crippen LogP contribution in [0.2, 0.25) is 5.02 Å². The molecule has 3 rings (SSSR count). The summed E-state index contributed by atoms with van der Waals surface area (Å²) >= 11 is 8.66. The Morgan fingerprint density at radius 3 is 3.08 bits per heavy atom. The predicted octanol–water partition coefficient (Wildman–Crippen LogP) is 3.79. The Bertz CT molecular complexity index is 901. The Labute approximate surface area is 150 Å². The number of amides is 1. The van der Waals surface area contributed by atoms with Gasteiger partial charge in [-0.1, -0.05) is 29.4 Å². The standard InChI is InChI=1S/C15H10ClN5OS2/c16-10-4-3-9(7-17)11(6-10)18-13(22)8-24-15-19-14(20-21-15)12-2-1-5-23-12/h1-6H,8H2,(H,18,22)(H,19,20,21). The Kier molecular flexibility index (Phi) is 5.15. The van der Waals surface area contributed by atoms with Crippen LogP contribution in [-0.2, 0) is 4.79 Å². The fourth-order valence-electron chi connectivity index (χ4n) is 1.87. The molecule has 0 radical (unpaired) electrons. The van der Waals surface area contributed by atoms with E-state index in [4.69, 9.17) is 16.9 Å². The molecule has 0 saturated carbocycles. The van der Waals surface area contributed by atoms with Crippen molar-refractivity contribution in [3.63, 3.8) is 0 Å². The minimum absolute atomic E-state index is 0.124. The second-order valence-corrected chi connectivity index (χ2v) is 6.91. The lowest BCUT2D eigenvalue weighted by Crippen LogP contribution is -2.15.